The first-order chi connectivity index (χ1) is 14.5. The van der Waals surface area contributed by atoms with Crippen LogP contribution in [0, 0.1) is 13.8 Å². The van der Waals surface area contributed by atoms with E-state index in [1.54, 1.807) is 11.8 Å². The fourth-order valence-corrected chi connectivity index (χ4v) is 4.17. The number of halogens is 2. The average molecular weight is 467 g/mol. The van der Waals surface area contributed by atoms with Crippen LogP contribution in [0.5, 0.6) is 5.75 Å². The second-order valence-electron chi connectivity index (χ2n) is 7.64. The van der Waals surface area contributed by atoms with Crippen LogP contribution in [0.2, 0.25) is 10.0 Å². The molecule has 0 spiro atoms. The van der Waals surface area contributed by atoms with Gasteiger partial charge in [-0.3, -0.25) is 0 Å². The SMILES string of the molecule is [CH2]C(Oc1cc(C)c(-c2ccc(Cl)c(Cl)c2)cc1COCCN1CCCCC1)SC. The lowest BCUT2D eigenvalue weighted by Gasteiger charge is -2.26. The number of thioether (sulfide) groups is 1. The first-order valence-electron chi connectivity index (χ1n) is 10.4. The number of nitrogens with zero attached hydrogens (tertiary/aromatic N) is 1. The molecular formula is C24H30Cl2NO2S. The quantitative estimate of drug-likeness (QED) is 0.296. The summed E-state index contributed by atoms with van der Waals surface area (Å²) in [4.78, 5) is 2.48. The van der Waals surface area contributed by atoms with Crippen molar-refractivity contribution in [2.45, 2.75) is 38.2 Å². The Hall–Kier alpha value is -0.910. The van der Waals surface area contributed by atoms with Crippen LogP contribution in [0.15, 0.2) is 30.3 Å². The molecule has 0 N–H and O–H groups in total. The van der Waals surface area contributed by atoms with Crippen LogP contribution in [0.25, 0.3) is 11.1 Å². The lowest BCUT2D eigenvalue weighted by Crippen LogP contribution is -2.32. The fourth-order valence-electron chi connectivity index (χ4n) is 3.67. The molecule has 1 aliphatic rings. The Bertz CT molecular complexity index is 840. The highest BCUT2D eigenvalue weighted by atomic mass is 35.5. The monoisotopic (exact) mass is 466 g/mol. The van der Waals surface area contributed by atoms with Gasteiger partial charge in [0.25, 0.3) is 0 Å². The van der Waals surface area contributed by atoms with Gasteiger partial charge >= 0.3 is 0 Å². The minimum absolute atomic E-state index is 0.174. The van der Waals surface area contributed by atoms with Gasteiger partial charge in [0.2, 0.25) is 0 Å². The Morgan fingerprint density at radius 2 is 1.87 bits per heavy atom. The summed E-state index contributed by atoms with van der Waals surface area (Å²) >= 11 is 13.9. The van der Waals surface area contributed by atoms with E-state index in [0.717, 1.165) is 34.5 Å². The van der Waals surface area contributed by atoms with Crippen molar-refractivity contribution in [2.24, 2.45) is 0 Å². The lowest BCUT2D eigenvalue weighted by atomic mass is 9.97. The molecule has 30 heavy (non-hydrogen) atoms. The van der Waals surface area contributed by atoms with E-state index in [-0.39, 0.29) is 5.44 Å². The van der Waals surface area contributed by atoms with Crippen LogP contribution in [0.1, 0.15) is 30.4 Å². The minimum atomic E-state index is -0.174. The van der Waals surface area contributed by atoms with Crippen molar-refractivity contribution < 1.29 is 9.47 Å². The van der Waals surface area contributed by atoms with Crippen LogP contribution < -0.4 is 4.74 Å². The fraction of sp³-hybridized carbons (Fsp3) is 0.458. The summed E-state index contributed by atoms with van der Waals surface area (Å²) in [6, 6.07) is 9.93. The van der Waals surface area contributed by atoms with E-state index in [2.05, 4.69) is 30.9 Å². The first-order valence-corrected chi connectivity index (χ1v) is 12.4. The molecule has 1 heterocycles. The molecular weight excluding hydrogens is 437 g/mol. The second kappa shape index (κ2) is 11.6. The van der Waals surface area contributed by atoms with E-state index >= 15 is 0 Å². The van der Waals surface area contributed by atoms with Crippen LogP contribution >= 0.6 is 35.0 Å². The Kier molecular flexibility index (Phi) is 9.21. The molecule has 1 atom stereocenters. The number of benzene rings is 2. The largest absolute Gasteiger partial charge is 0.479 e. The summed E-state index contributed by atoms with van der Waals surface area (Å²) in [5, 5.41) is 1.10. The maximum atomic E-state index is 6.25. The van der Waals surface area contributed by atoms with Crippen molar-refractivity contribution in [1.82, 2.24) is 4.90 Å². The van der Waals surface area contributed by atoms with Crippen molar-refractivity contribution in [3.63, 3.8) is 0 Å². The number of hydrogen-bond donors (Lipinski definition) is 0. The zero-order valence-corrected chi connectivity index (χ0v) is 20.1. The van der Waals surface area contributed by atoms with E-state index in [1.165, 1.54) is 32.4 Å². The summed E-state index contributed by atoms with van der Waals surface area (Å²) in [6.07, 6.45) is 5.93. The maximum absolute atomic E-state index is 6.25. The Morgan fingerprint density at radius 3 is 2.57 bits per heavy atom. The first kappa shape index (κ1) is 23.7. The predicted octanol–water partition coefficient (Wildman–Crippen LogP) is 6.87. The van der Waals surface area contributed by atoms with Gasteiger partial charge in [0.15, 0.2) is 0 Å². The molecule has 6 heteroatoms. The van der Waals surface area contributed by atoms with Crippen molar-refractivity contribution in [3.8, 4) is 16.9 Å². The summed E-state index contributed by atoms with van der Waals surface area (Å²) in [7, 11) is 0. The highest BCUT2D eigenvalue weighted by molar-refractivity contribution is 7.99. The number of piperidine rings is 1. The Labute approximate surface area is 195 Å². The Morgan fingerprint density at radius 1 is 1.10 bits per heavy atom. The minimum Gasteiger partial charge on any atom is -0.479 e. The van der Waals surface area contributed by atoms with Gasteiger partial charge in [0, 0.05) is 12.1 Å². The molecule has 163 valence electrons. The van der Waals surface area contributed by atoms with Gasteiger partial charge < -0.3 is 14.4 Å². The molecule has 2 aromatic carbocycles. The molecule has 0 saturated carbocycles. The van der Waals surface area contributed by atoms with Gasteiger partial charge in [-0.1, -0.05) is 35.7 Å². The van der Waals surface area contributed by atoms with E-state index in [9.17, 15) is 0 Å². The van der Waals surface area contributed by atoms with Gasteiger partial charge in [0.1, 0.15) is 11.2 Å². The van der Waals surface area contributed by atoms with Crippen LogP contribution in [-0.2, 0) is 11.3 Å². The molecule has 1 aliphatic heterocycles. The molecule has 1 unspecified atom stereocenters. The summed E-state index contributed by atoms with van der Waals surface area (Å²) in [5.41, 5.74) is 4.07. The standard InChI is InChI=1S/C24H30Cl2NO2S/c1-17-13-24(29-18(2)30-3)20(16-28-12-11-27-9-5-4-6-10-27)14-21(17)19-7-8-22(25)23(26)15-19/h7-8,13-15,18H,2,4-6,9-12,16H2,1,3H3. The lowest BCUT2D eigenvalue weighted by molar-refractivity contribution is 0.0848. The topological polar surface area (TPSA) is 21.7 Å². The summed E-state index contributed by atoms with van der Waals surface area (Å²) in [5.74, 6) is 0.823. The zero-order chi connectivity index (χ0) is 21.5. The van der Waals surface area contributed by atoms with Crippen LogP contribution in [0.3, 0.4) is 0 Å². The molecule has 2 aromatic rings. The van der Waals surface area contributed by atoms with E-state index < -0.39 is 0 Å². The smallest absolute Gasteiger partial charge is 0.144 e. The van der Waals surface area contributed by atoms with Crippen LogP contribution in [-0.4, -0.2) is 42.8 Å². The zero-order valence-electron chi connectivity index (χ0n) is 17.8. The molecule has 1 fully saturated rings. The Balaban J connectivity index is 1.77. The highest BCUT2D eigenvalue weighted by Gasteiger charge is 2.15. The molecule has 1 radical (unpaired) electrons. The summed E-state index contributed by atoms with van der Waals surface area (Å²) < 4.78 is 12.1. The molecule has 0 bridgehead atoms. The third-order valence-corrected chi connectivity index (χ3v) is 6.78. The van der Waals surface area contributed by atoms with Gasteiger partial charge in [-0.25, -0.2) is 0 Å². The number of ether oxygens (including phenoxy) is 2. The third kappa shape index (κ3) is 6.54. The van der Waals surface area contributed by atoms with Crippen molar-refractivity contribution in [2.75, 3.05) is 32.5 Å². The molecule has 0 amide bonds. The van der Waals surface area contributed by atoms with Gasteiger partial charge in [-0.15, -0.1) is 11.8 Å². The highest BCUT2D eigenvalue weighted by Crippen LogP contribution is 2.35. The predicted molar refractivity (Wildman–Crippen MR) is 130 cm³/mol. The average Bonchev–Trinajstić information content (AvgIpc) is 2.75. The normalized spacial score (nSPS) is 15.9. The summed E-state index contributed by atoms with van der Waals surface area (Å²) in [6.45, 7) is 10.7. The van der Waals surface area contributed by atoms with E-state index in [1.807, 2.05) is 24.5 Å². The third-order valence-electron chi connectivity index (χ3n) is 5.42. The molecule has 3 nitrogen and oxygen atoms in total. The molecule has 1 saturated heterocycles. The van der Waals surface area contributed by atoms with Crippen molar-refractivity contribution >= 4 is 35.0 Å². The van der Waals surface area contributed by atoms with Gasteiger partial charge in [-0.05, 0) is 87.0 Å². The number of rotatable bonds is 9. The van der Waals surface area contributed by atoms with Crippen molar-refractivity contribution in [3.05, 3.63) is 58.4 Å². The number of hydrogen-bond acceptors (Lipinski definition) is 4. The number of aryl methyl sites for hydroxylation is 1. The van der Waals surface area contributed by atoms with Gasteiger partial charge in [-0.2, -0.15) is 0 Å². The van der Waals surface area contributed by atoms with Gasteiger partial charge in [0.05, 0.1) is 23.3 Å². The van der Waals surface area contributed by atoms with E-state index in [0.29, 0.717) is 23.3 Å². The van der Waals surface area contributed by atoms with Crippen molar-refractivity contribution in [1.29, 1.82) is 0 Å². The molecule has 3 rings (SSSR count). The maximum Gasteiger partial charge on any atom is 0.144 e. The molecule has 0 aromatic heterocycles. The van der Waals surface area contributed by atoms with E-state index in [4.69, 9.17) is 32.7 Å². The second-order valence-corrected chi connectivity index (χ2v) is 9.45. The molecule has 0 aliphatic carbocycles. The number of likely N-dealkylation sites (tertiary alicyclic amines) is 1. The van der Waals surface area contributed by atoms with Crippen LogP contribution in [0.4, 0.5) is 0 Å².